The third kappa shape index (κ3) is 2.93. The summed E-state index contributed by atoms with van der Waals surface area (Å²) in [7, 11) is 0. The molecule has 3 heterocycles. The van der Waals surface area contributed by atoms with Crippen molar-refractivity contribution >= 4 is 51.7 Å². The fourth-order valence-corrected chi connectivity index (χ4v) is 3.49. The standard InChI is InChI=1S/C13H12Cl2F2N4OS/c1-23-13-18-9-7(10(14)19-11(15)8(9)17)12(20-13)21-3-5(16)2-6(21)4-22/h5-6,22H,2-4H2,1H3/t5-,6+/m1/s1. The van der Waals surface area contributed by atoms with Crippen LogP contribution < -0.4 is 4.90 Å². The number of anilines is 1. The molecule has 10 heteroatoms. The number of halogens is 4. The van der Waals surface area contributed by atoms with E-state index in [4.69, 9.17) is 23.2 Å². The quantitative estimate of drug-likeness (QED) is 0.501. The van der Waals surface area contributed by atoms with Gasteiger partial charge in [-0.2, -0.15) is 0 Å². The average Bonchev–Trinajstić information content (AvgIpc) is 2.92. The molecule has 5 nitrogen and oxygen atoms in total. The molecule has 3 rings (SSSR count). The van der Waals surface area contributed by atoms with Gasteiger partial charge in [0.1, 0.15) is 22.7 Å². The maximum Gasteiger partial charge on any atom is 0.189 e. The zero-order chi connectivity index (χ0) is 16.7. The minimum Gasteiger partial charge on any atom is -0.394 e. The van der Waals surface area contributed by atoms with E-state index in [1.165, 1.54) is 11.8 Å². The van der Waals surface area contributed by atoms with E-state index in [-0.39, 0.29) is 46.6 Å². The highest BCUT2D eigenvalue weighted by Crippen LogP contribution is 2.37. The number of rotatable bonds is 3. The van der Waals surface area contributed by atoms with E-state index in [9.17, 15) is 13.9 Å². The van der Waals surface area contributed by atoms with Crippen LogP contribution in [0.15, 0.2) is 5.16 Å². The second-order valence-corrected chi connectivity index (χ2v) is 6.58. The number of hydrogen-bond acceptors (Lipinski definition) is 6. The summed E-state index contributed by atoms with van der Waals surface area (Å²) in [6.45, 7) is -0.215. The van der Waals surface area contributed by atoms with Crippen LogP contribution in [0.5, 0.6) is 0 Å². The Hall–Kier alpha value is -0.960. The molecule has 1 fully saturated rings. The summed E-state index contributed by atoms with van der Waals surface area (Å²) in [4.78, 5) is 13.8. The SMILES string of the molecule is CSc1nc(N2C[C@H](F)C[C@H]2CO)c2c(Cl)nc(Cl)c(F)c2n1. The number of alkyl halides is 1. The van der Waals surface area contributed by atoms with E-state index in [0.717, 1.165) is 0 Å². The number of fused-ring (bicyclic) bond motifs is 1. The van der Waals surface area contributed by atoms with E-state index < -0.39 is 18.0 Å². The molecule has 2 atom stereocenters. The van der Waals surface area contributed by atoms with Crippen molar-refractivity contribution < 1.29 is 13.9 Å². The Balaban J connectivity index is 2.29. The van der Waals surface area contributed by atoms with E-state index in [2.05, 4.69) is 15.0 Å². The van der Waals surface area contributed by atoms with E-state index in [1.807, 2.05) is 0 Å². The first-order valence-electron chi connectivity index (χ1n) is 6.74. The lowest BCUT2D eigenvalue weighted by Crippen LogP contribution is -2.33. The molecule has 0 spiro atoms. The summed E-state index contributed by atoms with van der Waals surface area (Å²) in [5, 5.41) is 9.49. The van der Waals surface area contributed by atoms with Crippen molar-refractivity contribution in [2.45, 2.75) is 23.8 Å². The van der Waals surface area contributed by atoms with Crippen LogP contribution in [0.2, 0.25) is 10.3 Å². The van der Waals surface area contributed by atoms with Crippen molar-refractivity contribution in [1.29, 1.82) is 0 Å². The highest BCUT2D eigenvalue weighted by molar-refractivity contribution is 7.98. The molecular weight excluding hydrogens is 369 g/mol. The van der Waals surface area contributed by atoms with Gasteiger partial charge in [0.05, 0.1) is 24.6 Å². The topological polar surface area (TPSA) is 62.1 Å². The molecule has 124 valence electrons. The van der Waals surface area contributed by atoms with Gasteiger partial charge in [0.25, 0.3) is 0 Å². The third-order valence-electron chi connectivity index (χ3n) is 3.69. The monoisotopic (exact) mass is 380 g/mol. The highest BCUT2D eigenvalue weighted by Gasteiger charge is 2.35. The van der Waals surface area contributed by atoms with Gasteiger partial charge in [-0.1, -0.05) is 35.0 Å². The predicted octanol–water partition coefficient (Wildman–Crippen LogP) is 3.10. The van der Waals surface area contributed by atoms with Crippen molar-refractivity contribution in [3.63, 3.8) is 0 Å². The van der Waals surface area contributed by atoms with Gasteiger partial charge in [-0.15, -0.1) is 0 Å². The zero-order valence-corrected chi connectivity index (χ0v) is 14.3. The lowest BCUT2D eigenvalue weighted by Gasteiger charge is -2.25. The Kier molecular flexibility index (Phi) is 4.78. The molecule has 0 amide bonds. The van der Waals surface area contributed by atoms with E-state index in [1.54, 1.807) is 11.2 Å². The Morgan fingerprint density at radius 3 is 2.70 bits per heavy atom. The molecule has 1 aliphatic rings. The Labute approximate surface area is 145 Å². The fraction of sp³-hybridized carbons (Fsp3) is 0.462. The smallest absolute Gasteiger partial charge is 0.189 e. The fourth-order valence-electron chi connectivity index (χ4n) is 2.66. The summed E-state index contributed by atoms with van der Waals surface area (Å²) in [6, 6.07) is -0.465. The van der Waals surface area contributed by atoms with Gasteiger partial charge in [0, 0.05) is 6.42 Å². The second-order valence-electron chi connectivity index (χ2n) is 5.09. The minimum absolute atomic E-state index is 0.0335. The van der Waals surface area contributed by atoms with Crippen LogP contribution in [0.3, 0.4) is 0 Å². The molecule has 0 aliphatic carbocycles. The zero-order valence-electron chi connectivity index (χ0n) is 11.9. The van der Waals surface area contributed by atoms with Gasteiger partial charge in [-0.25, -0.2) is 23.7 Å². The van der Waals surface area contributed by atoms with Crippen LogP contribution in [0.4, 0.5) is 14.6 Å². The average molecular weight is 381 g/mol. The molecule has 1 saturated heterocycles. The number of nitrogens with zero attached hydrogens (tertiary/aromatic N) is 4. The lowest BCUT2D eigenvalue weighted by atomic mass is 10.2. The number of hydrogen-bond donors (Lipinski definition) is 1. The molecule has 0 bridgehead atoms. The third-order valence-corrected chi connectivity index (χ3v) is 4.76. The summed E-state index contributed by atoms with van der Waals surface area (Å²) in [5.74, 6) is -0.548. The van der Waals surface area contributed by atoms with Crippen molar-refractivity contribution in [3.8, 4) is 0 Å². The van der Waals surface area contributed by atoms with Gasteiger partial charge >= 0.3 is 0 Å². The normalized spacial score (nSPS) is 21.4. The second kappa shape index (κ2) is 6.51. The van der Waals surface area contributed by atoms with Crippen molar-refractivity contribution in [3.05, 3.63) is 16.1 Å². The Bertz CT molecular complexity index is 767. The first-order chi connectivity index (χ1) is 11.0. The molecule has 0 unspecified atom stereocenters. The number of pyridine rings is 1. The largest absolute Gasteiger partial charge is 0.394 e. The van der Waals surface area contributed by atoms with Crippen LogP contribution >= 0.6 is 35.0 Å². The molecular formula is C13H12Cl2F2N4OS. The van der Waals surface area contributed by atoms with Gasteiger partial charge in [-0.05, 0) is 6.26 Å². The summed E-state index contributed by atoms with van der Waals surface area (Å²) in [5.41, 5.74) is -0.0663. The van der Waals surface area contributed by atoms with Crippen molar-refractivity contribution in [2.24, 2.45) is 0 Å². The molecule has 0 radical (unpaired) electrons. The van der Waals surface area contributed by atoms with E-state index >= 15 is 0 Å². The first-order valence-corrected chi connectivity index (χ1v) is 8.72. The molecule has 2 aromatic heterocycles. The maximum absolute atomic E-state index is 14.3. The van der Waals surface area contributed by atoms with Crippen LogP contribution in [-0.4, -0.2) is 51.7 Å². The van der Waals surface area contributed by atoms with E-state index in [0.29, 0.717) is 5.16 Å². The van der Waals surface area contributed by atoms with Gasteiger partial charge in [0.2, 0.25) is 0 Å². The molecule has 23 heavy (non-hydrogen) atoms. The number of aliphatic hydroxyl groups excluding tert-OH is 1. The molecule has 2 aromatic rings. The van der Waals surface area contributed by atoms with Gasteiger partial charge in [0.15, 0.2) is 16.1 Å². The Morgan fingerprint density at radius 1 is 1.30 bits per heavy atom. The molecule has 1 N–H and O–H groups in total. The van der Waals surface area contributed by atoms with Crippen LogP contribution in [0.1, 0.15) is 6.42 Å². The summed E-state index contributed by atoms with van der Waals surface area (Å²) >= 11 is 13.0. The Morgan fingerprint density at radius 2 is 2.04 bits per heavy atom. The number of aromatic nitrogens is 3. The summed E-state index contributed by atoms with van der Waals surface area (Å²) < 4.78 is 28.1. The number of aliphatic hydroxyl groups is 1. The van der Waals surface area contributed by atoms with Gasteiger partial charge < -0.3 is 10.0 Å². The van der Waals surface area contributed by atoms with Crippen LogP contribution in [0.25, 0.3) is 10.9 Å². The van der Waals surface area contributed by atoms with Gasteiger partial charge in [-0.3, -0.25) is 0 Å². The first kappa shape index (κ1) is 16.9. The van der Waals surface area contributed by atoms with Crippen molar-refractivity contribution in [2.75, 3.05) is 24.3 Å². The van der Waals surface area contributed by atoms with Crippen LogP contribution in [0, 0.1) is 5.82 Å². The van der Waals surface area contributed by atoms with Crippen LogP contribution in [-0.2, 0) is 0 Å². The summed E-state index contributed by atoms with van der Waals surface area (Å²) in [6.07, 6.45) is 0.787. The lowest BCUT2D eigenvalue weighted by molar-refractivity contribution is 0.255. The predicted molar refractivity (Wildman–Crippen MR) is 86.8 cm³/mol. The minimum atomic E-state index is -1.11. The highest BCUT2D eigenvalue weighted by atomic mass is 35.5. The maximum atomic E-state index is 14.3. The molecule has 0 aromatic carbocycles. The number of thioether (sulfide) groups is 1. The van der Waals surface area contributed by atoms with Crippen molar-refractivity contribution in [1.82, 2.24) is 15.0 Å². The molecule has 1 aliphatic heterocycles. The molecule has 0 saturated carbocycles.